The lowest BCUT2D eigenvalue weighted by Crippen LogP contribution is -2.55. The number of hydrogen-bond donors (Lipinski definition) is 2. The molecule has 1 amide bonds. The number of hydrogen-bond acceptors (Lipinski definition) is 7. The third-order valence-corrected chi connectivity index (χ3v) is 8.83. The Hall–Kier alpha value is -3.52. The van der Waals surface area contributed by atoms with Crippen LogP contribution in [0.25, 0.3) is 0 Å². The Morgan fingerprint density at radius 1 is 1.18 bits per heavy atom. The number of ether oxygens (including phenoxy) is 1. The number of carbonyl (C=O) groups excluding carboxylic acids is 2. The first kappa shape index (κ1) is 28.5. The van der Waals surface area contributed by atoms with Crippen molar-refractivity contribution in [2.24, 2.45) is 0 Å². The third-order valence-electron chi connectivity index (χ3n) is 7.27. The van der Waals surface area contributed by atoms with Gasteiger partial charge in [0.25, 0.3) is 0 Å². The van der Waals surface area contributed by atoms with Gasteiger partial charge >= 0.3 is 5.97 Å². The number of nitrogens with zero attached hydrogens (tertiary/aromatic N) is 2. The maximum absolute atomic E-state index is 14.0. The number of rotatable bonds is 8. The zero-order valence-electron chi connectivity index (χ0n) is 22.5. The van der Waals surface area contributed by atoms with Crippen molar-refractivity contribution in [2.75, 3.05) is 19.7 Å². The SMILES string of the molecule is CCOC(=O)[C@H]1CC=CCN1C(=O)[C@H](Cc1ccc(C)c(C#N)c1)NS(=O)(=O)c1ccc(C)c2c1CNCC2. The van der Waals surface area contributed by atoms with Crippen molar-refractivity contribution in [1.82, 2.24) is 14.9 Å². The second-order valence-corrected chi connectivity index (χ2v) is 11.6. The minimum Gasteiger partial charge on any atom is -0.464 e. The first-order valence-corrected chi connectivity index (χ1v) is 14.6. The molecule has 2 aliphatic heterocycles. The number of esters is 1. The second-order valence-electron chi connectivity index (χ2n) is 9.87. The Balaban J connectivity index is 1.72. The van der Waals surface area contributed by atoms with E-state index in [9.17, 15) is 23.3 Å². The van der Waals surface area contributed by atoms with E-state index < -0.39 is 34.0 Å². The minimum atomic E-state index is -4.13. The van der Waals surface area contributed by atoms with Crippen LogP contribution in [0.4, 0.5) is 0 Å². The summed E-state index contributed by atoms with van der Waals surface area (Å²) in [6.45, 7) is 6.97. The van der Waals surface area contributed by atoms with E-state index in [1.807, 2.05) is 19.9 Å². The highest BCUT2D eigenvalue weighted by molar-refractivity contribution is 7.89. The molecule has 0 saturated carbocycles. The Morgan fingerprint density at radius 3 is 2.69 bits per heavy atom. The topological polar surface area (TPSA) is 129 Å². The smallest absolute Gasteiger partial charge is 0.329 e. The van der Waals surface area contributed by atoms with E-state index in [0.717, 1.165) is 23.2 Å². The second kappa shape index (κ2) is 12.1. The van der Waals surface area contributed by atoms with E-state index in [0.29, 0.717) is 29.7 Å². The van der Waals surface area contributed by atoms with Crippen LogP contribution in [0, 0.1) is 25.2 Å². The monoisotopic (exact) mass is 550 g/mol. The molecule has 0 unspecified atom stereocenters. The van der Waals surface area contributed by atoms with Crippen molar-refractivity contribution in [3.05, 3.63) is 75.9 Å². The first-order chi connectivity index (χ1) is 18.7. The zero-order valence-corrected chi connectivity index (χ0v) is 23.3. The van der Waals surface area contributed by atoms with E-state index >= 15 is 0 Å². The van der Waals surface area contributed by atoms with Gasteiger partial charge in [-0.3, -0.25) is 4.79 Å². The summed E-state index contributed by atoms with van der Waals surface area (Å²) in [6, 6.07) is 8.68. The highest BCUT2D eigenvalue weighted by Crippen LogP contribution is 2.27. The number of aryl methyl sites for hydroxylation is 2. The van der Waals surface area contributed by atoms with Crippen LogP contribution in [0.1, 0.15) is 46.7 Å². The Labute approximate surface area is 229 Å². The molecule has 0 spiro atoms. The van der Waals surface area contributed by atoms with Crippen LogP contribution in [0.15, 0.2) is 47.4 Å². The van der Waals surface area contributed by atoms with Gasteiger partial charge in [0.15, 0.2) is 0 Å². The van der Waals surface area contributed by atoms with E-state index in [1.165, 1.54) is 4.90 Å². The van der Waals surface area contributed by atoms with Gasteiger partial charge in [-0.15, -0.1) is 0 Å². The van der Waals surface area contributed by atoms with Gasteiger partial charge in [0.2, 0.25) is 15.9 Å². The van der Waals surface area contributed by atoms with E-state index in [4.69, 9.17) is 4.74 Å². The van der Waals surface area contributed by atoms with Crippen molar-refractivity contribution in [3.63, 3.8) is 0 Å². The highest BCUT2D eigenvalue weighted by atomic mass is 32.2. The standard InChI is InChI=1S/C29H34N4O5S/c1-4-38-29(35)26-7-5-6-14-33(26)28(34)25(16-21-10-8-19(2)22(15-21)17-30)32-39(36,37)27-11-9-20(3)23-12-13-31-18-24(23)27/h5-6,8-11,15,25-26,31-32H,4,7,12-14,16,18H2,1-3H3/t25-,26+/m0/s1. The maximum atomic E-state index is 14.0. The fourth-order valence-corrected chi connectivity index (χ4v) is 6.62. The fraction of sp³-hybridized carbons (Fsp3) is 0.414. The lowest BCUT2D eigenvalue weighted by molar-refractivity contribution is -0.155. The Kier molecular flexibility index (Phi) is 8.85. The number of amides is 1. The first-order valence-electron chi connectivity index (χ1n) is 13.1. The summed E-state index contributed by atoms with van der Waals surface area (Å²) in [5.41, 5.74) is 4.59. The molecule has 2 atom stereocenters. The average molecular weight is 551 g/mol. The highest BCUT2D eigenvalue weighted by Gasteiger charge is 2.37. The summed E-state index contributed by atoms with van der Waals surface area (Å²) in [4.78, 5) is 28.2. The van der Waals surface area contributed by atoms with Gasteiger partial charge < -0.3 is 15.0 Å². The summed E-state index contributed by atoms with van der Waals surface area (Å²) in [5.74, 6) is -1.06. The molecule has 0 aliphatic carbocycles. The van der Waals surface area contributed by atoms with Crippen LogP contribution in [0.2, 0.25) is 0 Å². The number of sulfonamides is 1. The third kappa shape index (κ3) is 6.22. The maximum Gasteiger partial charge on any atom is 0.329 e. The fourth-order valence-electron chi connectivity index (χ4n) is 5.16. The van der Waals surface area contributed by atoms with Crippen LogP contribution in [0.5, 0.6) is 0 Å². The van der Waals surface area contributed by atoms with Gasteiger partial charge in [0, 0.05) is 13.1 Å². The van der Waals surface area contributed by atoms with Gasteiger partial charge in [0.1, 0.15) is 12.1 Å². The van der Waals surface area contributed by atoms with Crippen molar-refractivity contribution in [2.45, 2.75) is 63.6 Å². The van der Waals surface area contributed by atoms with E-state index in [1.54, 1.807) is 43.3 Å². The summed E-state index contributed by atoms with van der Waals surface area (Å²) in [7, 11) is -4.13. The molecule has 2 heterocycles. The molecule has 0 aromatic heterocycles. The van der Waals surface area contributed by atoms with Gasteiger partial charge in [-0.05, 0) is 86.5 Å². The number of benzene rings is 2. The molecule has 2 aromatic rings. The molecule has 2 aromatic carbocycles. The predicted octanol–water partition coefficient (Wildman–Crippen LogP) is 2.43. The van der Waals surface area contributed by atoms with Crippen LogP contribution in [-0.2, 0) is 43.7 Å². The van der Waals surface area contributed by atoms with E-state index in [-0.39, 0.29) is 30.9 Å². The van der Waals surface area contributed by atoms with E-state index in [2.05, 4.69) is 16.1 Å². The summed E-state index contributed by atoms with van der Waals surface area (Å²) in [5, 5.41) is 12.7. The van der Waals surface area contributed by atoms with Crippen molar-refractivity contribution in [1.29, 1.82) is 5.26 Å². The lowest BCUT2D eigenvalue weighted by Gasteiger charge is -2.34. The van der Waals surface area contributed by atoms with Crippen molar-refractivity contribution >= 4 is 21.9 Å². The molecule has 0 radical (unpaired) electrons. The molecule has 9 nitrogen and oxygen atoms in total. The lowest BCUT2D eigenvalue weighted by atomic mass is 9.96. The largest absolute Gasteiger partial charge is 0.464 e. The molecular weight excluding hydrogens is 516 g/mol. The molecule has 10 heteroatoms. The molecule has 0 saturated heterocycles. The van der Waals surface area contributed by atoms with Crippen LogP contribution < -0.4 is 10.0 Å². The average Bonchev–Trinajstić information content (AvgIpc) is 2.93. The van der Waals surface area contributed by atoms with Gasteiger partial charge in [-0.2, -0.15) is 9.98 Å². The van der Waals surface area contributed by atoms with Gasteiger partial charge in [-0.1, -0.05) is 30.4 Å². The quantitative estimate of drug-likeness (QED) is 0.382. The number of nitriles is 1. The number of nitrogens with one attached hydrogen (secondary N) is 2. The number of fused-ring (bicyclic) bond motifs is 1. The van der Waals surface area contributed by atoms with Gasteiger partial charge in [0.05, 0.1) is 23.1 Å². The summed E-state index contributed by atoms with van der Waals surface area (Å²) >= 11 is 0. The zero-order chi connectivity index (χ0) is 28.2. The summed E-state index contributed by atoms with van der Waals surface area (Å²) < 4.78 is 35.5. The molecule has 2 aliphatic rings. The Morgan fingerprint density at radius 2 is 1.95 bits per heavy atom. The minimum absolute atomic E-state index is 0.00901. The molecule has 206 valence electrons. The normalized spacial score (nSPS) is 17.7. The molecule has 4 rings (SSSR count). The van der Waals surface area contributed by atoms with Crippen LogP contribution in [0.3, 0.4) is 0 Å². The van der Waals surface area contributed by atoms with Crippen molar-refractivity contribution < 1.29 is 22.7 Å². The van der Waals surface area contributed by atoms with Gasteiger partial charge in [-0.25, -0.2) is 13.2 Å². The number of carbonyl (C=O) groups is 2. The van der Waals surface area contributed by atoms with Crippen LogP contribution in [-0.4, -0.2) is 57.0 Å². The molecule has 0 fully saturated rings. The molecule has 39 heavy (non-hydrogen) atoms. The molecular formula is C29H34N4O5S. The predicted molar refractivity (Wildman–Crippen MR) is 146 cm³/mol. The molecule has 2 N–H and O–H groups in total. The summed E-state index contributed by atoms with van der Waals surface area (Å²) in [6.07, 6.45) is 4.60. The Bertz CT molecular complexity index is 1440. The molecule has 0 bridgehead atoms. The van der Waals surface area contributed by atoms with Crippen molar-refractivity contribution in [3.8, 4) is 6.07 Å². The van der Waals surface area contributed by atoms with Crippen LogP contribution >= 0.6 is 0 Å².